The molecule has 2 aliphatic rings. The first-order valence-corrected chi connectivity index (χ1v) is 9.83. The Labute approximate surface area is 121 Å². The first-order valence-electron chi connectivity index (χ1n) is 8.62. The second-order valence-electron chi connectivity index (χ2n) is 6.67. The average molecular weight is 285 g/mol. The molecule has 0 aromatic rings. The third kappa shape index (κ3) is 5.56. The summed E-state index contributed by atoms with van der Waals surface area (Å²) in [5.74, 6) is 1.74. The molecule has 1 unspecified atom stereocenters. The summed E-state index contributed by atoms with van der Waals surface area (Å²) < 4.78 is 5.77. The van der Waals surface area contributed by atoms with Gasteiger partial charge in [0.1, 0.15) is 0 Å². The van der Waals surface area contributed by atoms with Crippen molar-refractivity contribution in [1.29, 1.82) is 0 Å². The Bertz CT molecular complexity index is 223. The molecule has 19 heavy (non-hydrogen) atoms. The number of hydrogen-bond donors (Lipinski definition) is 1. The maximum absolute atomic E-state index is 9.23. The standard InChI is InChI=1S/C16H32O2Si/c17-19-18-16(15-11-5-2-6-12-15)13-7-10-14-8-3-1-4-9-14/h14-17H,1-13,19H2. The molecule has 1 atom stereocenters. The van der Waals surface area contributed by atoms with E-state index in [1.165, 1.54) is 83.5 Å². The molecule has 112 valence electrons. The van der Waals surface area contributed by atoms with Gasteiger partial charge >= 0.3 is 10.0 Å². The zero-order valence-electron chi connectivity index (χ0n) is 12.5. The van der Waals surface area contributed by atoms with Crippen molar-refractivity contribution in [3.63, 3.8) is 0 Å². The van der Waals surface area contributed by atoms with Crippen LogP contribution in [0.4, 0.5) is 0 Å². The van der Waals surface area contributed by atoms with Gasteiger partial charge in [0, 0.05) is 6.10 Å². The topological polar surface area (TPSA) is 29.5 Å². The van der Waals surface area contributed by atoms with Gasteiger partial charge in [0.15, 0.2) is 0 Å². The Hall–Kier alpha value is 0.137. The van der Waals surface area contributed by atoms with Gasteiger partial charge in [0.25, 0.3) is 0 Å². The largest absolute Gasteiger partial charge is 0.415 e. The molecule has 0 heterocycles. The third-order valence-electron chi connectivity index (χ3n) is 5.29. The molecule has 0 aromatic carbocycles. The Balaban J connectivity index is 1.66. The predicted octanol–water partition coefficient (Wildman–Crippen LogP) is 3.69. The summed E-state index contributed by atoms with van der Waals surface area (Å²) in [5.41, 5.74) is 0. The Morgan fingerprint density at radius 1 is 0.947 bits per heavy atom. The van der Waals surface area contributed by atoms with E-state index in [-0.39, 0.29) is 0 Å². The molecule has 2 fully saturated rings. The molecule has 0 spiro atoms. The van der Waals surface area contributed by atoms with Crippen molar-refractivity contribution in [2.45, 2.75) is 89.6 Å². The van der Waals surface area contributed by atoms with Gasteiger partial charge < -0.3 is 9.22 Å². The van der Waals surface area contributed by atoms with E-state index in [4.69, 9.17) is 4.43 Å². The molecule has 0 saturated heterocycles. The van der Waals surface area contributed by atoms with Crippen LogP contribution >= 0.6 is 0 Å². The lowest BCUT2D eigenvalue weighted by Crippen LogP contribution is -2.27. The molecule has 2 saturated carbocycles. The zero-order valence-corrected chi connectivity index (χ0v) is 13.9. The monoisotopic (exact) mass is 284 g/mol. The molecule has 3 heteroatoms. The highest BCUT2D eigenvalue weighted by Crippen LogP contribution is 2.32. The van der Waals surface area contributed by atoms with Crippen molar-refractivity contribution in [3.8, 4) is 0 Å². The second-order valence-corrected chi connectivity index (χ2v) is 7.26. The van der Waals surface area contributed by atoms with Crippen molar-refractivity contribution in [3.05, 3.63) is 0 Å². The van der Waals surface area contributed by atoms with Gasteiger partial charge in [0.05, 0.1) is 0 Å². The normalized spacial score (nSPS) is 25.1. The molecule has 0 bridgehead atoms. The van der Waals surface area contributed by atoms with E-state index >= 15 is 0 Å². The van der Waals surface area contributed by atoms with Gasteiger partial charge in [-0.2, -0.15) is 0 Å². The molecular weight excluding hydrogens is 252 g/mol. The van der Waals surface area contributed by atoms with Crippen molar-refractivity contribution >= 4 is 10.0 Å². The van der Waals surface area contributed by atoms with Gasteiger partial charge in [-0.3, -0.25) is 0 Å². The van der Waals surface area contributed by atoms with Gasteiger partial charge in [-0.05, 0) is 31.1 Å². The van der Waals surface area contributed by atoms with Crippen LogP contribution < -0.4 is 0 Å². The molecular formula is C16H32O2Si. The minimum Gasteiger partial charge on any atom is -0.415 e. The molecule has 0 amide bonds. The molecule has 1 N–H and O–H groups in total. The van der Waals surface area contributed by atoms with Gasteiger partial charge in [-0.25, -0.2) is 0 Å². The summed E-state index contributed by atoms with van der Waals surface area (Å²) in [6.07, 6.45) is 18.4. The van der Waals surface area contributed by atoms with Crippen LogP contribution in [0.15, 0.2) is 0 Å². The first-order chi connectivity index (χ1) is 9.40. The van der Waals surface area contributed by atoms with E-state index in [0.29, 0.717) is 6.10 Å². The Morgan fingerprint density at radius 2 is 1.58 bits per heavy atom. The van der Waals surface area contributed by atoms with Crippen molar-refractivity contribution in [1.82, 2.24) is 0 Å². The Kier molecular flexibility index (Phi) is 7.47. The SMILES string of the molecule is O[SiH2]OC(CCCC1CCCCC1)C1CCCCC1. The molecule has 0 aliphatic heterocycles. The number of hydrogen-bond acceptors (Lipinski definition) is 2. The summed E-state index contributed by atoms with van der Waals surface area (Å²) in [6, 6.07) is 0. The van der Waals surface area contributed by atoms with Crippen LogP contribution in [0.5, 0.6) is 0 Å². The quantitative estimate of drug-likeness (QED) is 0.722. The van der Waals surface area contributed by atoms with E-state index in [0.717, 1.165) is 11.8 Å². The highest BCUT2D eigenvalue weighted by molar-refractivity contribution is 6.15. The van der Waals surface area contributed by atoms with E-state index in [9.17, 15) is 4.80 Å². The second kappa shape index (κ2) is 9.14. The fourth-order valence-corrected chi connectivity index (χ4v) is 4.77. The highest BCUT2D eigenvalue weighted by atomic mass is 28.2. The number of rotatable bonds is 7. The lowest BCUT2D eigenvalue weighted by atomic mass is 9.82. The van der Waals surface area contributed by atoms with E-state index in [1.54, 1.807) is 0 Å². The summed E-state index contributed by atoms with van der Waals surface area (Å²) >= 11 is 0. The van der Waals surface area contributed by atoms with E-state index in [1.807, 2.05) is 0 Å². The maximum Gasteiger partial charge on any atom is 0.302 e. The third-order valence-corrected chi connectivity index (χ3v) is 5.87. The zero-order chi connectivity index (χ0) is 13.3. The minimum absolute atomic E-state index is 0.389. The van der Waals surface area contributed by atoms with Crippen molar-refractivity contribution in [2.24, 2.45) is 11.8 Å². The van der Waals surface area contributed by atoms with E-state index in [2.05, 4.69) is 0 Å². The molecule has 0 aromatic heterocycles. The average Bonchev–Trinajstić information content (AvgIpc) is 2.48. The molecule has 0 radical (unpaired) electrons. The van der Waals surface area contributed by atoms with Crippen LogP contribution in [0.1, 0.15) is 83.5 Å². The van der Waals surface area contributed by atoms with Crippen molar-refractivity contribution < 1.29 is 9.22 Å². The van der Waals surface area contributed by atoms with Crippen LogP contribution in [0.25, 0.3) is 0 Å². The van der Waals surface area contributed by atoms with Crippen LogP contribution in [-0.2, 0) is 4.43 Å². The maximum atomic E-state index is 9.23. The molecule has 2 aliphatic carbocycles. The van der Waals surface area contributed by atoms with Crippen molar-refractivity contribution in [2.75, 3.05) is 0 Å². The fraction of sp³-hybridized carbons (Fsp3) is 1.00. The molecule has 2 rings (SSSR count). The van der Waals surface area contributed by atoms with Gasteiger partial charge in [0.2, 0.25) is 0 Å². The lowest BCUT2D eigenvalue weighted by Gasteiger charge is -2.30. The molecule has 2 nitrogen and oxygen atoms in total. The van der Waals surface area contributed by atoms with Crippen LogP contribution in [0, 0.1) is 11.8 Å². The van der Waals surface area contributed by atoms with E-state index < -0.39 is 10.0 Å². The van der Waals surface area contributed by atoms with Crippen LogP contribution in [-0.4, -0.2) is 20.9 Å². The summed E-state index contributed by atoms with van der Waals surface area (Å²) in [5, 5.41) is 0. The van der Waals surface area contributed by atoms with Gasteiger partial charge in [-0.1, -0.05) is 64.2 Å². The summed E-state index contributed by atoms with van der Waals surface area (Å²) in [7, 11) is -1.23. The van der Waals surface area contributed by atoms with Crippen LogP contribution in [0.2, 0.25) is 0 Å². The summed E-state index contributed by atoms with van der Waals surface area (Å²) in [4.78, 5) is 9.23. The Morgan fingerprint density at radius 3 is 2.21 bits per heavy atom. The predicted molar refractivity (Wildman–Crippen MR) is 82.6 cm³/mol. The fourth-order valence-electron chi connectivity index (χ4n) is 4.14. The highest BCUT2D eigenvalue weighted by Gasteiger charge is 2.24. The minimum atomic E-state index is -1.23. The lowest BCUT2D eigenvalue weighted by molar-refractivity contribution is 0.0849. The summed E-state index contributed by atoms with van der Waals surface area (Å²) in [6.45, 7) is 0. The smallest absolute Gasteiger partial charge is 0.302 e. The van der Waals surface area contributed by atoms with Crippen LogP contribution in [0.3, 0.4) is 0 Å². The van der Waals surface area contributed by atoms with Gasteiger partial charge in [-0.15, -0.1) is 0 Å². The first kappa shape index (κ1) is 15.5.